The van der Waals surface area contributed by atoms with Crippen LogP contribution in [0.1, 0.15) is 51.4 Å². The summed E-state index contributed by atoms with van der Waals surface area (Å²) in [6.07, 6.45) is 7.64. The maximum Gasteiger partial charge on any atom is 0.220 e. The third kappa shape index (κ3) is 5.24. The first kappa shape index (κ1) is 16.7. The first-order chi connectivity index (χ1) is 10.2. The van der Waals surface area contributed by atoms with Crippen molar-refractivity contribution < 1.29 is 14.6 Å². The Hall–Kier alpha value is -0.650. The molecule has 2 unspecified atom stereocenters. The van der Waals surface area contributed by atoms with E-state index in [9.17, 15) is 9.90 Å². The molecular formula is C16H30N2O3. The Bertz CT molecular complexity index is 317. The number of nitrogens with one attached hydrogen (secondary N) is 1. The molecule has 0 aromatic rings. The predicted molar refractivity (Wildman–Crippen MR) is 82.1 cm³/mol. The third-order valence-electron chi connectivity index (χ3n) is 4.81. The number of aliphatic hydroxyl groups is 1. The standard InChI is InChI=1S/C16H30N2O3/c1-21-12-4-7-16(20)17-13-8-10-18(11-9-13)14-5-2-3-6-15(14)19/h13-15,19H,2-12H2,1H3,(H,17,20). The lowest BCUT2D eigenvalue weighted by molar-refractivity contribution is -0.122. The number of hydrogen-bond acceptors (Lipinski definition) is 4. The van der Waals surface area contributed by atoms with Gasteiger partial charge in [-0.05, 0) is 32.1 Å². The van der Waals surface area contributed by atoms with Crippen molar-refractivity contribution in [1.29, 1.82) is 0 Å². The molecule has 122 valence electrons. The van der Waals surface area contributed by atoms with Crippen molar-refractivity contribution in [1.82, 2.24) is 10.2 Å². The number of nitrogens with zero attached hydrogens (tertiary/aromatic N) is 1. The van der Waals surface area contributed by atoms with Gasteiger partial charge in [-0.1, -0.05) is 12.8 Å². The van der Waals surface area contributed by atoms with Crippen molar-refractivity contribution in [2.24, 2.45) is 0 Å². The number of carbonyl (C=O) groups excluding carboxylic acids is 1. The molecule has 2 rings (SSSR count). The number of amides is 1. The van der Waals surface area contributed by atoms with Gasteiger partial charge >= 0.3 is 0 Å². The van der Waals surface area contributed by atoms with E-state index in [1.807, 2.05) is 0 Å². The maximum atomic E-state index is 11.8. The van der Waals surface area contributed by atoms with Gasteiger partial charge < -0.3 is 15.2 Å². The van der Waals surface area contributed by atoms with Crippen LogP contribution >= 0.6 is 0 Å². The smallest absolute Gasteiger partial charge is 0.220 e. The predicted octanol–water partition coefficient (Wildman–Crippen LogP) is 1.30. The summed E-state index contributed by atoms with van der Waals surface area (Å²) < 4.78 is 4.96. The van der Waals surface area contributed by atoms with E-state index < -0.39 is 0 Å². The molecule has 1 saturated heterocycles. The van der Waals surface area contributed by atoms with Gasteiger partial charge in [0.1, 0.15) is 0 Å². The number of methoxy groups -OCH3 is 1. The van der Waals surface area contributed by atoms with Gasteiger partial charge in [-0.3, -0.25) is 9.69 Å². The van der Waals surface area contributed by atoms with E-state index >= 15 is 0 Å². The number of likely N-dealkylation sites (tertiary alicyclic amines) is 1. The normalized spacial score (nSPS) is 28.5. The second-order valence-electron chi connectivity index (χ2n) is 6.39. The zero-order valence-electron chi connectivity index (χ0n) is 13.2. The van der Waals surface area contributed by atoms with Gasteiger partial charge in [-0.25, -0.2) is 0 Å². The zero-order chi connectivity index (χ0) is 15.1. The fraction of sp³-hybridized carbons (Fsp3) is 0.938. The molecule has 1 saturated carbocycles. The van der Waals surface area contributed by atoms with Crippen LogP contribution in [0.5, 0.6) is 0 Å². The average Bonchev–Trinajstić information content (AvgIpc) is 2.49. The minimum absolute atomic E-state index is 0.142. The van der Waals surface area contributed by atoms with E-state index in [-0.39, 0.29) is 12.0 Å². The maximum absolute atomic E-state index is 11.8. The first-order valence-corrected chi connectivity index (χ1v) is 8.41. The van der Waals surface area contributed by atoms with Gasteiger partial charge in [0.15, 0.2) is 0 Å². The fourth-order valence-corrected chi connectivity index (χ4v) is 3.57. The summed E-state index contributed by atoms with van der Waals surface area (Å²) in [4.78, 5) is 14.2. The average molecular weight is 298 g/mol. The van der Waals surface area contributed by atoms with Crippen molar-refractivity contribution in [3.05, 3.63) is 0 Å². The van der Waals surface area contributed by atoms with Gasteiger partial charge in [0.05, 0.1) is 6.10 Å². The molecule has 1 amide bonds. The summed E-state index contributed by atoms with van der Waals surface area (Å²) in [6.45, 7) is 2.63. The highest BCUT2D eigenvalue weighted by Gasteiger charge is 2.31. The second kappa shape index (κ2) is 8.71. The lowest BCUT2D eigenvalue weighted by Crippen LogP contribution is -2.52. The molecule has 2 atom stereocenters. The Balaban J connectivity index is 1.67. The van der Waals surface area contributed by atoms with Crippen molar-refractivity contribution in [2.75, 3.05) is 26.8 Å². The van der Waals surface area contributed by atoms with Crippen LogP contribution in [0.25, 0.3) is 0 Å². The monoisotopic (exact) mass is 298 g/mol. The Kier molecular flexibility index (Phi) is 6.93. The molecule has 1 aliphatic heterocycles. The molecule has 0 spiro atoms. The molecule has 2 aliphatic rings. The number of carbonyl (C=O) groups is 1. The lowest BCUT2D eigenvalue weighted by atomic mass is 9.89. The second-order valence-corrected chi connectivity index (χ2v) is 6.39. The van der Waals surface area contributed by atoms with Crippen molar-refractivity contribution >= 4 is 5.91 Å². The minimum Gasteiger partial charge on any atom is -0.391 e. The fourth-order valence-electron chi connectivity index (χ4n) is 3.57. The summed E-state index contributed by atoms with van der Waals surface area (Å²) in [6, 6.07) is 0.647. The molecule has 1 aliphatic carbocycles. The lowest BCUT2D eigenvalue weighted by Gasteiger charge is -2.41. The molecule has 2 fully saturated rings. The van der Waals surface area contributed by atoms with Crippen LogP contribution < -0.4 is 5.32 Å². The molecular weight excluding hydrogens is 268 g/mol. The molecule has 1 heterocycles. The van der Waals surface area contributed by atoms with Crippen LogP contribution in [-0.4, -0.2) is 60.9 Å². The highest BCUT2D eigenvalue weighted by molar-refractivity contribution is 5.76. The largest absolute Gasteiger partial charge is 0.391 e. The van der Waals surface area contributed by atoms with Gasteiger partial charge in [0.25, 0.3) is 0 Å². The quantitative estimate of drug-likeness (QED) is 0.726. The van der Waals surface area contributed by atoms with E-state index in [1.54, 1.807) is 7.11 Å². The Morgan fingerprint density at radius 2 is 1.95 bits per heavy atom. The summed E-state index contributed by atoms with van der Waals surface area (Å²) in [5, 5.41) is 13.3. The highest BCUT2D eigenvalue weighted by Crippen LogP contribution is 2.25. The third-order valence-corrected chi connectivity index (χ3v) is 4.81. The summed E-state index contributed by atoms with van der Waals surface area (Å²) in [5.74, 6) is 0.142. The first-order valence-electron chi connectivity index (χ1n) is 8.41. The number of rotatable bonds is 6. The van der Waals surface area contributed by atoms with E-state index in [2.05, 4.69) is 10.2 Å². The van der Waals surface area contributed by atoms with Crippen LogP contribution in [0.3, 0.4) is 0 Å². The zero-order valence-corrected chi connectivity index (χ0v) is 13.2. The van der Waals surface area contributed by atoms with Crippen LogP contribution in [0.15, 0.2) is 0 Å². The number of hydrogen-bond donors (Lipinski definition) is 2. The Morgan fingerprint density at radius 3 is 2.62 bits per heavy atom. The molecule has 2 N–H and O–H groups in total. The van der Waals surface area contributed by atoms with E-state index in [4.69, 9.17) is 4.74 Å². The van der Waals surface area contributed by atoms with Crippen molar-refractivity contribution in [3.63, 3.8) is 0 Å². The molecule has 0 aromatic heterocycles. The molecule has 0 radical (unpaired) electrons. The molecule has 21 heavy (non-hydrogen) atoms. The Labute approximate surface area is 128 Å². The van der Waals surface area contributed by atoms with E-state index in [1.165, 1.54) is 6.42 Å². The van der Waals surface area contributed by atoms with Gasteiger partial charge in [0.2, 0.25) is 5.91 Å². The summed E-state index contributed by atoms with van der Waals surface area (Å²) >= 11 is 0. The van der Waals surface area contributed by atoms with E-state index in [0.717, 1.165) is 51.6 Å². The SMILES string of the molecule is COCCCC(=O)NC1CCN(C2CCCCC2O)CC1. The minimum atomic E-state index is -0.154. The number of aliphatic hydroxyl groups excluding tert-OH is 1. The molecule has 0 aromatic carbocycles. The molecule has 5 nitrogen and oxygen atoms in total. The van der Waals surface area contributed by atoms with E-state index in [0.29, 0.717) is 25.1 Å². The van der Waals surface area contributed by atoms with Gasteiger partial charge in [0, 0.05) is 45.3 Å². The van der Waals surface area contributed by atoms with Gasteiger partial charge in [-0.2, -0.15) is 0 Å². The number of piperidine rings is 1. The topological polar surface area (TPSA) is 61.8 Å². The van der Waals surface area contributed by atoms with Crippen LogP contribution in [0, 0.1) is 0 Å². The van der Waals surface area contributed by atoms with Crippen LogP contribution in [0.2, 0.25) is 0 Å². The molecule has 5 heteroatoms. The summed E-state index contributed by atoms with van der Waals surface area (Å²) in [5.41, 5.74) is 0. The number of ether oxygens (including phenoxy) is 1. The van der Waals surface area contributed by atoms with Crippen molar-refractivity contribution in [3.8, 4) is 0 Å². The van der Waals surface area contributed by atoms with Gasteiger partial charge in [-0.15, -0.1) is 0 Å². The van der Waals surface area contributed by atoms with Crippen LogP contribution in [-0.2, 0) is 9.53 Å². The summed E-state index contributed by atoms with van der Waals surface area (Å²) in [7, 11) is 1.66. The Morgan fingerprint density at radius 1 is 1.24 bits per heavy atom. The highest BCUT2D eigenvalue weighted by atomic mass is 16.5. The van der Waals surface area contributed by atoms with Crippen LogP contribution in [0.4, 0.5) is 0 Å². The molecule has 0 bridgehead atoms. The van der Waals surface area contributed by atoms with Crippen molar-refractivity contribution in [2.45, 2.75) is 69.6 Å².